The minimum Gasteiger partial charge on any atom is -0.339 e. The van der Waals surface area contributed by atoms with E-state index in [2.05, 4.69) is 16.2 Å². The van der Waals surface area contributed by atoms with E-state index in [1.54, 1.807) is 0 Å². The number of aryl methyl sites for hydroxylation is 1. The highest BCUT2D eigenvalue weighted by atomic mass is 35.5. The van der Waals surface area contributed by atoms with Gasteiger partial charge in [0, 0.05) is 11.4 Å². The van der Waals surface area contributed by atoms with E-state index in [0.717, 1.165) is 30.1 Å². The molecule has 0 bridgehead atoms. The molecule has 1 aliphatic carbocycles. The molecule has 1 fully saturated rings. The van der Waals surface area contributed by atoms with Crippen molar-refractivity contribution in [1.29, 1.82) is 0 Å². The molecule has 0 spiro atoms. The predicted octanol–water partition coefficient (Wildman–Crippen LogP) is 3.37. The van der Waals surface area contributed by atoms with Gasteiger partial charge in [-0.25, -0.2) is 0 Å². The Morgan fingerprint density at radius 3 is 2.82 bits per heavy atom. The molecule has 0 amide bonds. The molecule has 1 saturated carbocycles. The highest BCUT2D eigenvalue weighted by Gasteiger charge is 2.49. The third-order valence-electron chi connectivity index (χ3n) is 3.33. The fourth-order valence-corrected chi connectivity index (χ4v) is 2.34. The Bertz CT molecular complexity index is 546. The van der Waals surface area contributed by atoms with Crippen LogP contribution in [0.1, 0.15) is 37.0 Å². The average molecular weight is 249 g/mol. The Balaban J connectivity index is 2.01. The van der Waals surface area contributed by atoms with E-state index in [1.807, 2.05) is 25.1 Å². The van der Waals surface area contributed by atoms with Crippen molar-refractivity contribution >= 4 is 11.6 Å². The standard InChI is InChI=1S/C13H13ClN2O/c1-2-11-15-12(16-17-11)13(6-7-13)9-4-3-5-10(14)8-9/h3-5,8H,2,6-7H2,1H3. The van der Waals surface area contributed by atoms with Crippen LogP contribution in [0.4, 0.5) is 0 Å². The molecule has 1 heterocycles. The highest BCUT2D eigenvalue weighted by molar-refractivity contribution is 6.30. The molecule has 3 nitrogen and oxygen atoms in total. The van der Waals surface area contributed by atoms with Gasteiger partial charge < -0.3 is 4.52 Å². The van der Waals surface area contributed by atoms with Gasteiger partial charge in [0.05, 0.1) is 5.41 Å². The van der Waals surface area contributed by atoms with Gasteiger partial charge in [-0.2, -0.15) is 4.98 Å². The van der Waals surface area contributed by atoms with Crippen molar-refractivity contribution in [2.75, 3.05) is 0 Å². The summed E-state index contributed by atoms with van der Waals surface area (Å²) in [4.78, 5) is 4.45. The largest absolute Gasteiger partial charge is 0.339 e. The number of hydrogen-bond acceptors (Lipinski definition) is 3. The lowest BCUT2D eigenvalue weighted by atomic mass is 9.95. The van der Waals surface area contributed by atoms with Crippen molar-refractivity contribution in [3.63, 3.8) is 0 Å². The summed E-state index contributed by atoms with van der Waals surface area (Å²) in [6.45, 7) is 2.01. The first-order chi connectivity index (χ1) is 8.24. The van der Waals surface area contributed by atoms with Gasteiger partial charge in [0.25, 0.3) is 0 Å². The summed E-state index contributed by atoms with van der Waals surface area (Å²) in [5.74, 6) is 1.50. The summed E-state index contributed by atoms with van der Waals surface area (Å²) in [5.41, 5.74) is 1.13. The molecule has 2 aromatic rings. The minimum atomic E-state index is -0.0538. The number of hydrogen-bond donors (Lipinski definition) is 0. The number of halogens is 1. The van der Waals surface area contributed by atoms with Gasteiger partial charge in [-0.15, -0.1) is 0 Å². The molecule has 1 aromatic heterocycles. The van der Waals surface area contributed by atoms with E-state index in [9.17, 15) is 0 Å². The summed E-state index contributed by atoms with van der Waals surface area (Å²) >= 11 is 6.03. The van der Waals surface area contributed by atoms with E-state index in [1.165, 1.54) is 5.56 Å². The minimum absolute atomic E-state index is 0.0538. The van der Waals surface area contributed by atoms with Crippen molar-refractivity contribution in [3.05, 3.63) is 46.6 Å². The lowest BCUT2D eigenvalue weighted by Gasteiger charge is -2.10. The second-order valence-corrected chi connectivity index (χ2v) is 4.89. The highest BCUT2D eigenvalue weighted by Crippen LogP contribution is 2.52. The van der Waals surface area contributed by atoms with E-state index >= 15 is 0 Å². The van der Waals surface area contributed by atoms with Crippen LogP contribution in [-0.2, 0) is 11.8 Å². The Morgan fingerprint density at radius 2 is 2.24 bits per heavy atom. The Labute approximate surface area is 105 Å². The van der Waals surface area contributed by atoms with Gasteiger partial charge >= 0.3 is 0 Å². The van der Waals surface area contributed by atoms with Gasteiger partial charge in [0.15, 0.2) is 5.82 Å². The Hall–Kier alpha value is -1.35. The molecule has 4 heteroatoms. The van der Waals surface area contributed by atoms with Crippen LogP contribution in [0.3, 0.4) is 0 Å². The summed E-state index contributed by atoms with van der Waals surface area (Å²) < 4.78 is 5.20. The molecular weight excluding hydrogens is 236 g/mol. The fourth-order valence-electron chi connectivity index (χ4n) is 2.15. The first-order valence-electron chi connectivity index (χ1n) is 5.84. The van der Waals surface area contributed by atoms with Gasteiger partial charge in [0.2, 0.25) is 5.89 Å². The maximum Gasteiger partial charge on any atom is 0.226 e. The van der Waals surface area contributed by atoms with Crippen LogP contribution in [0.15, 0.2) is 28.8 Å². The molecule has 0 N–H and O–H groups in total. The Morgan fingerprint density at radius 1 is 1.41 bits per heavy atom. The van der Waals surface area contributed by atoms with Crippen LogP contribution in [0.25, 0.3) is 0 Å². The van der Waals surface area contributed by atoms with Crippen molar-refractivity contribution < 1.29 is 4.52 Å². The summed E-state index contributed by atoms with van der Waals surface area (Å²) in [5, 5.41) is 4.86. The molecule has 0 aliphatic heterocycles. The second kappa shape index (κ2) is 3.84. The maximum absolute atomic E-state index is 6.03. The molecule has 0 radical (unpaired) electrons. The molecule has 0 unspecified atom stereocenters. The number of benzene rings is 1. The SMILES string of the molecule is CCc1nc(C2(c3cccc(Cl)c3)CC2)no1. The van der Waals surface area contributed by atoms with Crippen LogP contribution in [0.5, 0.6) is 0 Å². The van der Waals surface area contributed by atoms with Crippen LogP contribution in [0, 0.1) is 0 Å². The molecule has 1 aromatic carbocycles. The van der Waals surface area contributed by atoms with Gasteiger partial charge in [0.1, 0.15) is 0 Å². The van der Waals surface area contributed by atoms with Crippen LogP contribution < -0.4 is 0 Å². The third-order valence-corrected chi connectivity index (χ3v) is 3.56. The average Bonchev–Trinajstić information content (AvgIpc) is 3.01. The monoisotopic (exact) mass is 248 g/mol. The van der Waals surface area contributed by atoms with E-state index in [-0.39, 0.29) is 5.41 Å². The summed E-state index contributed by atoms with van der Waals surface area (Å²) in [6.07, 6.45) is 2.91. The molecule has 88 valence electrons. The van der Waals surface area contributed by atoms with Crippen molar-refractivity contribution in [1.82, 2.24) is 10.1 Å². The Kier molecular flexibility index (Phi) is 2.44. The number of aromatic nitrogens is 2. The molecular formula is C13H13ClN2O. The zero-order valence-electron chi connectivity index (χ0n) is 9.61. The fraction of sp³-hybridized carbons (Fsp3) is 0.385. The van der Waals surface area contributed by atoms with Crippen molar-refractivity contribution in [3.8, 4) is 0 Å². The van der Waals surface area contributed by atoms with Crippen LogP contribution in [0.2, 0.25) is 5.02 Å². The van der Waals surface area contributed by atoms with Gasteiger partial charge in [-0.05, 0) is 30.5 Å². The summed E-state index contributed by atoms with van der Waals surface area (Å²) in [6, 6.07) is 7.94. The topological polar surface area (TPSA) is 38.9 Å². The predicted molar refractivity (Wildman–Crippen MR) is 65.1 cm³/mol. The van der Waals surface area contributed by atoms with Gasteiger partial charge in [-0.1, -0.05) is 35.8 Å². The lowest BCUT2D eigenvalue weighted by molar-refractivity contribution is 0.374. The van der Waals surface area contributed by atoms with E-state index in [4.69, 9.17) is 16.1 Å². The van der Waals surface area contributed by atoms with E-state index < -0.39 is 0 Å². The summed E-state index contributed by atoms with van der Waals surface area (Å²) in [7, 11) is 0. The van der Waals surface area contributed by atoms with Crippen LogP contribution >= 0.6 is 11.6 Å². The molecule has 0 atom stereocenters. The normalized spacial score (nSPS) is 17.1. The zero-order valence-corrected chi connectivity index (χ0v) is 10.4. The van der Waals surface area contributed by atoms with Crippen molar-refractivity contribution in [2.45, 2.75) is 31.6 Å². The third kappa shape index (κ3) is 1.75. The first-order valence-corrected chi connectivity index (χ1v) is 6.21. The lowest BCUT2D eigenvalue weighted by Crippen LogP contribution is -2.10. The molecule has 1 aliphatic rings. The first kappa shape index (κ1) is 10.8. The van der Waals surface area contributed by atoms with E-state index in [0.29, 0.717) is 5.89 Å². The van der Waals surface area contributed by atoms with Crippen molar-refractivity contribution in [2.24, 2.45) is 0 Å². The number of nitrogens with zero attached hydrogens (tertiary/aromatic N) is 2. The molecule has 3 rings (SSSR count). The number of rotatable bonds is 3. The second-order valence-electron chi connectivity index (χ2n) is 4.46. The molecule has 0 saturated heterocycles. The van der Waals surface area contributed by atoms with Gasteiger partial charge in [-0.3, -0.25) is 0 Å². The molecule has 17 heavy (non-hydrogen) atoms. The zero-order chi connectivity index (χ0) is 11.9. The van der Waals surface area contributed by atoms with Crippen LogP contribution in [-0.4, -0.2) is 10.1 Å². The maximum atomic E-state index is 6.03. The smallest absolute Gasteiger partial charge is 0.226 e. The quantitative estimate of drug-likeness (QED) is 0.836.